The number of piperazine rings is 1. The van der Waals surface area contributed by atoms with Crippen LogP contribution in [0.1, 0.15) is 25.6 Å². The second-order valence-electron chi connectivity index (χ2n) is 7.68. The van der Waals surface area contributed by atoms with Gasteiger partial charge in [-0.1, -0.05) is 29.8 Å². The number of nitrogens with zero attached hydrogens (tertiary/aromatic N) is 2. The first-order chi connectivity index (χ1) is 15.5. The van der Waals surface area contributed by atoms with Crippen molar-refractivity contribution in [3.05, 3.63) is 69.9 Å². The van der Waals surface area contributed by atoms with Gasteiger partial charge in [-0.3, -0.25) is 9.59 Å². The van der Waals surface area contributed by atoms with Gasteiger partial charge in [0.1, 0.15) is 11.5 Å². The number of methoxy groups -OCH3 is 2. The van der Waals surface area contributed by atoms with Crippen LogP contribution in [0, 0.1) is 6.92 Å². The highest BCUT2D eigenvalue weighted by atomic mass is 32.1. The molecule has 2 amide bonds. The fraction of sp³-hybridized carbons (Fsp3) is 0.280. The molecular weight excluding hydrogens is 424 g/mol. The van der Waals surface area contributed by atoms with E-state index in [1.165, 1.54) is 24.0 Å². The zero-order valence-electron chi connectivity index (χ0n) is 18.5. The lowest BCUT2D eigenvalue weighted by Crippen LogP contribution is -2.50. The van der Waals surface area contributed by atoms with Crippen LogP contribution in [0.2, 0.25) is 0 Å². The smallest absolute Gasteiger partial charge is 0.264 e. The van der Waals surface area contributed by atoms with Crippen molar-refractivity contribution in [3.63, 3.8) is 0 Å². The van der Waals surface area contributed by atoms with Crippen molar-refractivity contribution in [3.8, 4) is 22.6 Å². The maximum absolute atomic E-state index is 13.2. The molecular formula is C25H26N2O4S. The van der Waals surface area contributed by atoms with Crippen molar-refractivity contribution in [2.24, 2.45) is 0 Å². The summed E-state index contributed by atoms with van der Waals surface area (Å²) in [6.07, 6.45) is 0. The number of aryl methyl sites for hydroxylation is 1. The largest absolute Gasteiger partial charge is 0.497 e. The summed E-state index contributed by atoms with van der Waals surface area (Å²) in [5, 5.41) is 1.96. The molecule has 4 rings (SSSR count). The fourth-order valence-corrected chi connectivity index (χ4v) is 4.72. The zero-order chi connectivity index (χ0) is 22.7. The predicted molar refractivity (Wildman–Crippen MR) is 126 cm³/mol. The fourth-order valence-electron chi connectivity index (χ4n) is 3.84. The van der Waals surface area contributed by atoms with Crippen molar-refractivity contribution in [1.82, 2.24) is 9.80 Å². The average molecular weight is 451 g/mol. The molecule has 1 aliphatic heterocycles. The molecule has 1 fully saturated rings. The van der Waals surface area contributed by atoms with E-state index in [-0.39, 0.29) is 11.8 Å². The summed E-state index contributed by atoms with van der Waals surface area (Å²) < 4.78 is 10.6. The maximum Gasteiger partial charge on any atom is 0.264 e. The number of thiophene rings is 1. The van der Waals surface area contributed by atoms with Crippen molar-refractivity contribution in [1.29, 1.82) is 0 Å². The van der Waals surface area contributed by atoms with Crippen LogP contribution in [0.5, 0.6) is 11.5 Å². The third kappa shape index (κ3) is 4.34. The van der Waals surface area contributed by atoms with Crippen LogP contribution >= 0.6 is 11.3 Å². The third-order valence-corrected chi connectivity index (χ3v) is 6.62. The van der Waals surface area contributed by atoms with Crippen LogP contribution in [0.25, 0.3) is 11.1 Å². The summed E-state index contributed by atoms with van der Waals surface area (Å²) in [7, 11) is 3.11. The highest BCUT2D eigenvalue weighted by Gasteiger charge is 2.28. The molecule has 1 saturated heterocycles. The summed E-state index contributed by atoms with van der Waals surface area (Å²) in [4.78, 5) is 30.6. The van der Waals surface area contributed by atoms with Crippen LogP contribution in [0.4, 0.5) is 0 Å². The van der Waals surface area contributed by atoms with E-state index in [0.29, 0.717) is 43.2 Å². The second-order valence-corrected chi connectivity index (χ2v) is 8.60. The van der Waals surface area contributed by atoms with E-state index in [4.69, 9.17) is 9.47 Å². The maximum atomic E-state index is 13.2. The highest BCUT2D eigenvalue weighted by Crippen LogP contribution is 2.30. The molecule has 1 aliphatic rings. The van der Waals surface area contributed by atoms with Gasteiger partial charge < -0.3 is 19.3 Å². The van der Waals surface area contributed by atoms with E-state index in [0.717, 1.165) is 16.0 Å². The lowest BCUT2D eigenvalue weighted by Gasteiger charge is -2.35. The Kier molecular flexibility index (Phi) is 6.46. The van der Waals surface area contributed by atoms with Gasteiger partial charge in [-0.05, 0) is 36.1 Å². The van der Waals surface area contributed by atoms with Gasteiger partial charge in [-0.25, -0.2) is 0 Å². The van der Waals surface area contributed by atoms with Crippen LogP contribution in [-0.2, 0) is 0 Å². The molecule has 2 heterocycles. The Balaban J connectivity index is 1.45. The van der Waals surface area contributed by atoms with Crippen molar-refractivity contribution in [2.45, 2.75) is 6.92 Å². The second kappa shape index (κ2) is 9.44. The zero-order valence-corrected chi connectivity index (χ0v) is 19.3. The molecule has 1 aromatic heterocycles. The standard InChI is InChI=1S/C25H26N2O4S/c1-17-4-6-18(7-5-17)20-10-15-32-23(20)25(29)27-13-11-26(12-14-27)24(28)21-9-8-19(30-2)16-22(21)31-3/h4-10,15-16H,11-14H2,1-3H3. The van der Waals surface area contributed by atoms with Gasteiger partial charge >= 0.3 is 0 Å². The number of hydrogen-bond donors (Lipinski definition) is 0. The SMILES string of the molecule is COc1ccc(C(=O)N2CCN(C(=O)c3sccc3-c3ccc(C)cc3)CC2)c(OC)c1. The van der Waals surface area contributed by atoms with Gasteiger partial charge in [0.15, 0.2) is 0 Å². The topological polar surface area (TPSA) is 59.1 Å². The Morgan fingerprint density at radius 1 is 0.844 bits per heavy atom. The molecule has 0 saturated carbocycles. The molecule has 0 atom stereocenters. The first kappa shape index (κ1) is 21.9. The van der Waals surface area contributed by atoms with E-state index in [9.17, 15) is 9.59 Å². The Morgan fingerprint density at radius 3 is 2.12 bits per heavy atom. The third-order valence-electron chi connectivity index (χ3n) is 5.72. The molecule has 7 heteroatoms. The normalized spacial score (nSPS) is 13.7. The monoisotopic (exact) mass is 450 g/mol. The van der Waals surface area contributed by atoms with Gasteiger partial charge in [-0.15, -0.1) is 11.3 Å². The summed E-state index contributed by atoms with van der Waals surface area (Å²) in [6, 6.07) is 15.4. The van der Waals surface area contributed by atoms with E-state index < -0.39 is 0 Å². The van der Waals surface area contributed by atoms with Crippen molar-refractivity contribution in [2.75, 3.05) is 40.4 Å². The number of ether oxygens (including phenoxy) is 2. The van der Waals surface area contributed by atoms with E-state index >= 15 is 0 Å². The molecule has 0 radical (unpaired) electrons. The van der Waals surface area contributed by atoms with E-state index in [1.807, 2.05) is 35.4 Å². The molecule has 166 valence electrons. The number of carbonyl (C=O) groups excluding carboxylic acids is 2. The van der Waals surface area contributed by atoms with Gasteiger partial charge in [-0.2, -0.15) is 0 Å². The van der Waals surface area contributed by atoms with E-state index in [1.54, 1.807) is 30.2 Å². The van der Waals surface area contributed by atoms with Crippen molar-refractivity contribution < 1.29 is 19.1 Å². The molecule has 3 aromatic rings. The first-order valence-electron chi connectivity index (χ1n) is 10.5. The number of carbonyl (C=O) groups is 2. The summed E-state index contributed by atoms with van der Waals surface area (Å²) in [5.41, 5.74) is 3.68. The Bertz CT molecular complexity index is 1120. The summed E-state index contributed by atoms with van der Waals surface area (Å²) >= 11 is 1.46. The van der Waals surface area contributed by atoms with Gasteiger partial charge in [0.2, 0.25) is 0 Å². The predicted octanol–water partition coefficient (Wildman–Crippen LogP) is 4.34. The van der Waals surface area contributed by atoms with Crippen LogP contribution in [0.15, 0.2) is 53.9 Å². The molecule has 0 bridgehead atoms. The lowest BCUT2D eigenvalue weighted by molar-refractivity contribution is 0.0536. The van der Waals surface area contributed by atoms with Crippen molar-refractivity contribution >= 4 is 23.2 Å². The minimum Gasteiger partial charge on any atom is -0.497 e. The highest BCUT2D eigenvalue weighted by molar-refractivity contribution is 7.12. The molecule has 6 nitrogen and oxygen atoms in total. The molecule has 32 heavy (non-hydrogen) atoms. The summed E-state index contributed by atoms with van der Waals surface area (Å²) in [6.45, 7) is 3.99. The van der Waals surface area contributed by atoms with Crippen LogP contribution < -0.4 is 9.47 Å². The minimum atomic E-state index is -0.104. The molecule has 0 unspecified atom stereocenters. The summed E-state index contributed by atoms with van der Waals surface area (Å²) in [5.74, 6) is 1.03. The molecule has 2 aromatic carbocycles. The first-order valence-corrected chi connectivity index (χ1v) is 11.3. The van der Waals surface area contributed by atoms with Gasteiger partial charge in [0, 0.05) is 37.8 Å². The molecule has 0 aliphatic carbocycles. The number of amides is 2. The quantitative estimate of drug-likeness (QED) is 0.580. The van der Waals surface area contributed by atoms with Gasteiger partial charge in [0.25, 0.3) is 11.8 Å². The Labute approximate surface area is 192 Å². The Hall–Kier alpha value is -3.32. The number of benzene rings is 2. The van der Waals surface area contributed by atoms with Gasteiger partial charge in [0.05, 0.1) is 24.7 Å². The number of hydrogen-bond acceptors (Lipinski definition) is 5. The van der Waals surface area contributed by atoms with E-state index in [2.05, 4.69) is 12.1 Å². The Morgan fingerprint density at radius 2 is 1.50 bits per heavy atom. The lowest BCUT2D eigenvalue weighted by atomic mass is 10.0. The molecule has 0 spiro atoms. The number of rotatable bonds is 5. The van der Waals surface area contributed by atoms with Crippen LogP contribution in [0.3, 0.4) is 0 Å². The average Bonchev–Trinajstić information content (AvgIpc) is 3.33. The minimum absolute atomic E-state index is 0.0182. The van der Waals surface area contributed by atoms with Crippen LogP contribution in [-0.4, -0.2) is 62.0 Å². The molecule has 0 N–H and O–H groups in total.